The van der Waals surface area contributed by atoms with Crippen molar-refractivity contribution in [2.75, 3.05) is 19.6 Å². The van der Waals surface area contributed by atoms with Gasteiger partial charge in [-0.25, -0.2) is 18.4 Å². The van der Waals surface area contributed by atoms with Crippen LogP contribution >= 0.6 is 11.3 Å². The molecule has 1 amide bonds. The quantitative estimate of drug-likeness (QED) is 0.789. The molecule has 138 valence electrons. The first-order chi connectivity index (χ1) is 12.3. The monoisotopic (exact) mass is 392 g/mol. The molecule has 0 radical (unpaired) electrons. The van der Waals surface area contributed by atoms with Crippen molar-refractivity contribution in [3.05, 3.63) is 45.7 Å². The molecule has 4 heterocycles. The first kappa shape index (κ1) is 17.6. The average molecular weight is 393 g/mol. The molecule has 9 heteroatoms. The molecule has 2 saturated heterocycles. The zero-order valence-corrected chi connectivity index (χ0v) is 16.3. The number of pyridine rings is 1. The lowest BCUT2D eigenvalue weighted by Crippen LogP contribution is -2.37. The van der Waals surface area contributed by atoms with E-state index in [0.29, 0.717) is 25.3 Å². The molecule has 0 aliphatic carbocycles. The number of likely N-dealkylation sites (tertiary alicyclic amines) is 1. The first-order valence-corrected chi connectivity index (χ1v) is 10.9. The summed E-state index contributed by atoms with van der Waals surface area (Å²) in [6.07, 6.45) is 0. The second-order valence-electron chi connectivity index (χ2n) is 6.87. The summed E-state index contributed by atoms with van der Waals surface area (Å²) in [5.74, 6) is -0.256. The summed E-state index contributed by atoms with van der Waals surface area (Å²) >= 11 is 1.52. The van der Waals surface area contributed by atoms with Crippen LogP contribution in [0.15, 0.2) is 23.6 Å². The predicted molar refractivity (Wildman–Crippen MR) is 98.3 cm³/mol. The van der Waals surface area contributed by atoms with Gasteiger partial charge in [-0.1, -0.05) is 6.07 Å². The molecule has 0 aromatic carbocycles. The van der Waals surface area contributed by atoms with E-state index in [1.54, 1.807) is 17.0 Å². The molecule has 2 aliphatic heterocycles. The van der Waals surface area contributed by atoms with E-state index in [1.165, 1.54) is 15.6 Å². The number of rotatable bonds is 3. The van der Waals surface area contributed by atoms with E-state index in [1.807, 2.05) is 25.3 Å². The van der Waals surface area contributed by atoms with E-state index in [2.05, 4.69) is 9.97 Å². The minimum Gasteiger partial charge on any atom is -0.336 e. The summed E-state index contributed by atoms with van der Waals surface area (Å²) in [5, 5.41) is 2.30. The van der Waals surface area contributed by atoms with Gasteiger partial charge in [0.15, 0.2) is 0 Å². The van der Waals surface area contributed by atoms with E-state index in [-0.39, 0.29) is 18.4 Å². The van der Waals surface area contributed by atoms with Crippen molar-refractivity contribution >= 4 is 27.3 Å². The number of carbonyl (C=O) groups excluding carboxylic acids is 1. The fourth-order valence-electron chi connectivity index (χ4n) is 3.72. The van der Waals surface area contributed by atoms with Crippen molar-refractivity contribution in [3.8, 4) is 0 Å². The van der Waals surface area contributed by atoms with Gasteiger partial charge in [0.05, 0.1) is 22.5 Å². The lowest BCUT2D eigenvalue weighted by molar-refractivity contribution is 0.0778. The van der Waals surface area contributed by atoms with Gasteiger partial charge in [-0.15, -0.1) is 11.3 Å². The molecule has 4 rings (SSSR count). The molecule has 7 nitrogen and oxygen atoms in total. The van der Waals surface area contributed by atoms with Crippen LogP contribution < -0.4 is 0 Å². The summed E-state index contributed by atoms with van der Waals surface area (Å²) in [5.41, 5.74) is 1.93. The number of aromatic nitrogens is 2. The van der Waals surface area contributed by atoms with Crippen molar-refractivity contribution < 1.29 is 13.2 Å². The summed E-state index contributed by atoms with van der Waals surface area (Å²) < 4.78 is 27.3. The Labute approximate surface area is 156 Å². The maximum Gasteiger partial charge on any atom is 0.272 e. The third-order valence-corrected chi connectivity index (χ3v) is 8.08. The molecule has 0 unspecified atom stereocenters. The second-order valence-corrected chi connectivity index (χ2v) is 10.1. The summed E-state index contributed by atoms with van der Waals surface area (Å²) in [6, 6.07) is 5.30. The molecule has 2 fully saturated rings. The van der Waals surface area contributed by atoms with Gasteiger partial charge in [0, 0.05) is 36.6 Å². The smallest absolute Gasteiger partial charge is 0.272 e. The van der Waals surface area contributed by atoms with Crippen molar-refractivity contribution in [1.29, 1.82) is 0 Å². The number of fused-ring (bicyclic) bond motifs is 1. The number of hydrogen-bond donors (Lipinski definition) is 0. The van der Waals surface area contributed by atoms with Crippen LogP contribution in [-0.4, -0.2) is 58.4 Å². The summed E-state index contributed by atoms with van der Waals surface area (Å²) in [4.78, 5) is 22.9. The zero-order chi connectivity index (χ0) is 18.5. The van der Waals surface area contributed by atoms with E-state index in [4.69, 9.17) is 0 Å². The average Bonchev–Trinajstić information content (AvgIpc) is 3.25. The molecule has 26 heavy (non-hydrogen) atoms. The number of nitrogens with zero attached hydrogens (tertiary/aromatic N) is 4. The van der Waals surface area contributed by atoms with Crippen LogP contribution in [0.2, 0.25) is 0 Å². The van der Waals surface area contributed by atoms with Crippen molar-refractivity contribution in [1.82, 2.24) is 19.2 Å². The highest BCUT2D eigenvalue weighted by Crippen LogP contribution is 2.35. The molecule has 0 saturated carbocycles. The number of aryl methyl sites for hydroxylation is 2. The zero-order valence-electron chi connectivity index (χ0n) is 14.6. The van der Waals surface area contributed by atoms with E-state index >= 15 is 0 Å². The number of hydrogen-bond acceptors (Lipinski definition) is 6. The fraction of sp³-hybridized carbons (Fsp3) is 0.471. The summed E-state index contributed by atoms with van der Waals surface area (Å²) in [7, 11) is -3.43. The van der Waals surface area contributed by atoms with Crippen LogP contribution in [0.1, 0.15) is 26.9 Å². The van der Waals surface area contributed by atoms with Crippen molar-refractivity contribution in [3.63, 3.8) is 0 Å². The Morgan fingerprint density at radius 2 is 2.04 bits per heavy atom. The van der Waals surface area contributed by atoms with Crippen molar-refractivity contribution in [2.45, 2.75) is 25.6 Å². The largest absolute Gasteiger partial charge is 0.336 e. The molecule has 0 N–H and O–H groups in total. The maximum atomic E-state index is 12.9. The Bertz CT molecular complexity index is 956. The van der Waals surface area contributed by atoms with Gasteiger partial charge in [-0.3, -0.25) is 4.79 Å². The van der Waals surface area contributed by atoms with Crippen LogP contribution in [0, 0.1) is 19.8 Å². The first-order valence-electron chi connectivity index (χ1n) is 8.47. The highest BCUT2D eigenvalue weighted by Gasteiger charge is 2.52. The lowest BCUT2D eigenvalue weighted by atomic mass is 10.1. The lowest BCUT2D eigenvalue weighted by Gasteiger charge is -2.21. The topological polar surface area (TPSA) is 83.5 Å². The molecule has 0 bridgehead atoms. The Kier molecular flexibility index (Phi) is 4.32. The van der Waals surface area contributed by atoms with E-state index in [0.717, 1.165) is 16.4 Å². The van der Waals surface area contributed by atoms with Gasteiger partial charge in [-0.2, -0.15) is 4.31 Å². The van der Waals surface area contributed by atoms with E-state index < -0.39 is 15.3 Å². The molecular formula is C17H20N4O3S2. The fourth-order valence-corrected chi connectivity index (χ4v) is 6.44. The van der Waals surface area contributed by atoms with Gasteiger partial charge < -0.3 is 4.90 Å². The number of carbonyl (C=O) groups is 1. The summed E-state index contributed by atoms with van der Waals surface area (Å²) in [6.45, 7) is 5.17. The Morgan fingerprint density at radius 1 is 1.23 bits per heavy atom. The van der Waals surface area contributed by atoms with Gasteiger partial charge in [-0.05, 0) is 26.0 Å². The van der Waals surface area contributed by atoms with Crippen LogP contribution in [0.3, 0.4) is 0 Å². The van der Waals surface area contributed by atoms with Crippen LogP contribution in [0.25, 0.3) is 0 Å². The Hall–Kier alpha value is -1.84. The van der Waals surface area contributed by atoms with E-state index in [9.17, 15) is 13.2 Å². The van der Waals surface area contributed by atoms with Crippen LogP contribution in [-0.2, 0) is 16.6 Å². The minimum absolute atomic E-state index is 0.0616. The number of thiazole rings is 1. The molecule has 0 spiro atoms. The van der Waals surface area contributed by atoms with Crippen molar-refractivity contribution in [2.24, 2.45) is 5.92 Å². The normalized spacial score (nSPS) is 24.8. The maximum absolute atomic E-state index is 12.9. The molecule has 2 aromatic rings. The Morgan fingerprint density at radius 3 is 2.69 bits per heavy atom. The van der Waals surface area contributed by atoms with Gasteiger partial charge in [0.25, 0.3) is 5.91 Å². The van der Waals surface area contributed by atoms with Crippen LogP contribution in [0.5, 0.6) is 0 Å². The predicted octanol–water partition coefficient (Wildman–Crippen LogP) is 1.44. The number of sulfonamides is 1. The highest BCUT2D eigenvalue weighted by atomic mass is 32.2. The molecule has 2 aliphatic rings. The third-order valence-electron chi connectivity index (χ3n) is 4.96. The molecule has 2 atom stereocenters. The SMILES string of the molecule is Cc1cccc(C(=O)N2C[C@@H]3CN(Cc4csc(C)n4)S(=O)(=O)[C@@H]3C2)n1. The third kappa shape index (κ3) is 3.04. The van der Waals surface area contributed by atoms with Gasteiger partial charge >= 0.3 is 0 Å². The Balaban J connectivity index is 1.49. The molecule has 2 aromatic heterocycles. The molecular weight excluding hydrogens is 372 g/mol. The van der Waals surface area contributed by atoms with Gasteiger partial charge in [0.1, 0.15) is 5.69 Å². The van der Waals surface area contributed by atoms with Crippen LogP contribution in [0.4, 0.5) is 0 Å². The highest BCUT2D eigenvalue weighted by molar-refractivity contribution is 7.90. The number of amides is 1. The standard InChI is InChI=1S/C17H20N4O3S2/c1-11-4-3-5-15(18-11)17(22)20-6-13-7-21(26(23,24)16(13)9-20)8-14-10-25-12(2)19-14/h3-5,10,13,16H,6-9H2,1-2H3/t13-,16-/m1/s1. The second kappa shape index (κ2) is 6.40. The minimum atomic E-state index is -3.43. The van der Waals surface area contributed by atoms with Gasteiger partial charge in [0.2, 0.25) is 10.0 Å².